The van der Waals surface area contributed by atoms with E-state index in [9.17, 15) is 0 Å². The Morgan fingerprint density at radius 3 is 2.78 bits per heavy atom. The molecule has 2 fully saturated rings. The Hall–Kier alpha value is -0.990. The van der Waals surface area contributed by atoms with Crippen molar-refractivity contribution < 1.29 is 0 Å². The highest BCUT2D eigenvalue weighted by atomic mass is 35.5. The van der Waals surface area contributed by atoms with Crippen molar-refractivity contribution in [2.75, 3.05) is 13.1 Å². The monoisotopic (exact) mass is 260 g/mol. The molecule has 0 radical (unpaired) electrons. The van der Waals surface area contributed by atoms with Crippen LogP contribution < -0.4 is 5.32 Å². The van der Waals surface area contributed by atoms with E-state index < -0.39 is 0 Å². The van der Waals surface area contributed by atoms with Gasteiger partial charge < -0.3 is 9.88 Å². The minimum atomic E-state index is 0.673. The lowest BCUT2D eigenvalue weighted by molar-refractivity contribution is 0.449. The molecule has 0 amide bonds. The molecule has 1 aliphatic heterocycles. The van der Waals surface area contributed by atoms with E-state index in [1.807, 2.05) is 6.07 Å². The largest absolute Gasteiger partial charge is 0.347 e. The number of hydrogen-bond acceptors (Lipinski definition) is 1. The molecule has 0 spiro atoms. The summed E-state index contributed by atoms with van der Waals surface area (Å²) in [7, 11) is 0. The maximum atomic E-state index is 6.16. The first kappa shape index (κ1) is 10.9. The number of benzene rings is 1. The summed E-state index contributed by atoms with van der Waals surface area (Å²) in [4.78, 5) is 0. The molecule has 1 saturated heterocycles. The van der Waals surface area contributed by atoms with Crippen molar-refractivity contribution in [1.82, 2.24) is 9.88 Å². The summed E-state index contributed by atoms with van der Waals surface area (Å²) in [5.41, 5.74) is 2.83. The lowest BCUT2D eigenvalue weighted by Gasteiger charge is -2.26. The number of nitrogens with zero attached hydrogens (tertiary/aromatic N) is 1. The summed E-state index contributed by atoms with van der Waals surface area (Å²) in [5, 5.41) is 5.56. The zero-order valence-electron chi connectivity index (χ0n) is 10.3. The molecule has 94 valence electrons. The topological polar surface area (TPSA) is 17.0 Å². The molecule has 2 nitrogen and oxygen atoms in total. The first-order valence-electron chi connectivity index (χ1n) is 6.80. The average Bonchev–Trinajstić information content (AvgIpc) is 3.02. The first-order chi connectivity index (χ1) is 8.81. The van der Waals surface area contributed by atoms with Crippen molar-refractivity contribution in [2.24, 2.45) is 5.92 Å². The number of hydrogen-bond donors (Lipinski definition) is 1. The van der Waals surface area contributed by atoms with Gasteiger partial charge >= 0.3 is 0 Å². The molecule has 2 aliphatic rings. The van der Waals surface area contributed by atoms with Crippen molar-refractivity contribution in [2.45, 2.75) is 25.3 Å². The summed E-state index contributed by atoms with van der Waals surface area (Å²) in [6.07, 6.45) is 5.16. The number of halogens is 1. The second kappa shape index (κ2) is 4.01. The third kappa shape index (κ3) is 1.75. The van der Waals surface area contributed by atoms with Crippen LogP contribution in [0.25, 0.3) is 10.9 Å². The van der Waals surface area contributed by atoms with Gasteiger partial charge in [0.15, 0.2) is 0 Å². The molecule has 0 unspecified atom stereocenters. The van der Waals surface area contributed by atoms with Gasteiger partial charge in [-0.3, -0.25) is 0 Å². The van der Waals surface area contributed by atoms with Gasteiger partial charge in [-0.05, 0) is 42.5 Å². The van der Waals surface area contributed by atoms with Crippen molar-refractivity contribution in [3.8, 4) is 0 Å². The van der Waals surface area contributed by atoms with E-state index in [1.54, 1.807) is 0 Å². The fraction of sp³-hybridized carbons (Fsp3) is 0.467. The standard InChI is InChI=1S/C15H17ClN2/c16-12-3-4-15-13(5-12)14(11-6-17-7-11)9-18(15)8-10-1-2-10/h3-5,9-11,17H,1-2,6-8H2. The Morgan fingerprint density at radius 2 is 2.11 bits per heavy atom. The van der Waals surface area contributed by atoms with Crippen LogP contribution in [0.4, 0.5) is 0 Å². The zero-order valence-corrected chi connectivity index (χ0v) is 11.1. The molecular weight excluding hydrogens is 244 g/mol. The van der Waals surface area contributed by atoms with Crippen molar-refractivity contribution >= 4 is 22.5 Å². The lowest BCUT2D eigenvalue weighted by atomic mass is 9.93. The molecule has 0 atom stereocenters. The van der Waals surface area contributed by atoms with Crippen LogP contribution in [-0.4, -0.2) is 17.7 Å². The zero-order chi connectivity index (χ0) is 12.1. The second-order valence-electron chi connectivity index (χ2n) is 5.70. The summed E-state index contributed by atoms with van der Waals surface area (Å²) in [6.45, 7) is 3.39. The highest BCUT2D eigenvalue weighted by Gasteiger charge is 2.26. The van der Waals surface area contributed by atoms with Gasteiger partial charge in [0.05, 0.1) is 0 Å². The molecule has 1 aromatic heterocycles. The highest BCUT2D eigenvalue weighted by Crippen LogP contribution is 2.36. The molecule has 1 N–H and O–H groups in total. The van der Waals surface area contributed by atoms with Gasteiger partial charge in [-0.1, -0.05) is 11.6 Å². The van der Waals surface area contributed by atoms with Crippen molar-refractivity contribution in [3.63, 3.8) is 0 Å². The minimum Gasteiger partial charge on any atom is -0.347 e. The van der Waals surface area contributed by atoms with Gasteiger partial charge in [0.1, 0.15) is 0 Å². The Morgan fingerprint density at radius 1 is 1.28 bits per heavy atom. The minimum absolute atomic E-state index is 0.673. The summed E-state index contributed by atoms with van der Waals surface area (Å²) in [5.74, 6) is 1.58. The Balaban J connectivity index is 1.84. The van der Waals surface area contributed by atoms with Crippen LogP contribution in [0, 0.1) is 5.92 Å². The second-order valence-corrected chi connectivity index (χ2v) is 6.13. The molecule has 1 aliphatic carbocycles. The van der Waals surface area contributed by atoms with E-state index in [-0.39, 0.29) is 0 Å². The number of nitrogens with one attached hydrogen (secondary N) is 1. The van der Waals surface area contributed by atoms with Gasteiger partial charge in [-0.2, -0.15) is 0 Å². The molecule has 18 heavy (non-hydrogen) atoms. The summed E-state index contributed by atoms with van der Waals surface area (Å²) >= 11 is 6.16. The van der Waals surface area contributed by atoms with Gasteiger partial charge in [0.2, 0.25) is 0 Å². The molecule has 3 heteroatoms. The van der Waals surface area contributed by atoms with E-state index in [4.69, 9.17) is 11.6 Å². The predicted octanol–water partition coefficient (Wildman–Crippen LogP) is 3.39. The van der Waals surface area contributed by atoms with Gasteiger partial charge in [-0.15, -0.1) is 0 Å². The van der Waals surface area contributed by atoms with Crippen LogP contribution in [0.1, 0.15) is 24.3 Å². The SMILES string of the molecule is Clc1ccc2c(c1)c(C1CNC1)cn2CC1CC1. The summed E-state index contributed by atoms with van der Waals surface area (Å²) < 4.78 is 2.44. The molecule has 2 aromatic rings. The third-order valence-corrected chi connectivity index (χ3v) is 4.48. The van der Waals surface area contributed by atoms with E-state index in [0.29, 0.717) is 5.92 Å². The Bertz CT molecular complexity index is 594. The third-order valence-electron chi connectivity index (χ3n) is 4.25. The highest BCUT2D eigenvalue weighted by molar-refractivity contribution is 6.31. The smallest absolute Gasteiger partial charge is 0.0484 e. The van der Waals surface area contributed by atoms with Crippen molar-refractivity contribution in [3.05, 3.63) is 35.0 Å². The maximum Gasteiger partial charge on any atom is 0.0484 e. The first-order valence-corrected chi connectivity index (χ1v) is 7.18. The number of rotatable bonds is 3. The number of fused-ring (bicyclic) bond motifs is 1. The van der Waals surface area contributed by atoms with E-state index >= 15 is 0 Å². The average molecular weight is 261 g/mol. The maximum absolute atomic E-state index is 6.16. The van der Waals surface area contributed by atoms with Crippen LogP contribution in [-0.2, 0) is 6.54 Å². The fourth-order valence-electron chi connectivity index (χ4n) is 2.86. The van der Waals surface area contributed by atoms with Gasteiger partial charge in [-0.25, -0.2) is 0 Å². The fourth-order valence-corrected chi connectivity index (χ4v) is 3.03. The van der Waals surface area contributed by atoms with Crippen LogP contribution in [0.5, 0.6) is 0 Å². The van der Waals surface area contributed by atoms with Crippen LogP contribution >= 0.6 is 11.6 Å². The normalized spacial score (nSPS) is 20.3. The van der Waals surface area contributed by atoms with E-state index in [1.165, 1.54) is 35.9 Å². The molecule has 1 saturated carbocycles. The molecule has 4 rings (SSSR count). The molecule has 2 heterocycles. The van der Waals surface area contributed by atoms with Crippen LogP contribution in [0.3, 0.4) is 0 Å². The van der Waals surface area contributed by atoms with Gasteiger partial charge in [0, 0.05) is 47.7 Å². The van der Waals surface area contributed by atoms with Gasteiger partial charge in [0.25, 0.3) is 0 Å². The molecule has 0 bridgehead atoms. The quantitative estimate of drug-likeness (QED) is 0.895. The van der Waals surface area contributed by atoms with Crippen molar-refractivity contribution in [1.29, 1.82) is 0 Å². The Kier molecular flexibility index (Phi) is 2.42. The predicted molar refractivity (Wildman–Crippen MR) is 75.3 cm³/mol. The Labute approximate surface area is 112 Å². The lowest BCUT2D eigenvalue weighted by Crippen LogP contribution is -2.39. The van der Waals surface area contributed by atoms with Crippen LogP contribution in [0.2, 0.25) is 5.02 Å². The van der Waals surface area contributed by atoms with E-state index in [0.717, 1.165) is 24.0 Å². The molecular formula is C15H17ClN2. The summed E-state index contributed by atoms with van der Waals surface area (Å²) in [6, 6.07) is 6.32. The van der Waals surface area contributed by atoms with E-state index in [2.05, 4.69) is 28.2 Å². The number of aromatic nitrogens is 1. The molecule has 1 aromatic carbocycles. The van der Waals surface area contributed by atoms with Crippen LogP contribution in [0.15, 0.2) is 24.4 Å².